The molecule has 1 aliphatic rings. The van der Waals surface area contributed by atoms with Crippen LogP contribution in [0.5, 0.6) is 0 Å². The number of amides is 2. The lowest BCUT2D eigenvalue weighted by Crippen LogP contribution is -2.33. The van der Waals surface area contributed by atoms with Crippen molar-refractivity contribution in [1.82, 2.24) is 5.32 Å². The normalized spacial score (nSPS) is 18.2. The van der Waals surface area contributed by atoms with E-state index in [1.807, 2.05) is 26.0 Å². The number of carbonyl (C=O) groups is 2. The van der Waals surface area contributed by atoms with Gasteiger partial charge in [0, 0.05) is 36.7 Å². The number of benzene rings is 1. The molecule has 0 saturated carbocycles. The summed E-state index contributed by atoms with van der Waals surface area (Å²) < 4.78 is 5.47. The van der Waals surface area contributed by atoms with Crippen LogP contribution in [0.2, 0.25) is 5.02 Å². The van der Waals surface area contributed by atoms with E-state index in [1.165, 1.54) is 0 Å². The smallest absolute Gasteiger partial charge is 0.224 e. The second-order valence-corrected chi connectivity index (χ2v) is 6.87. The van der Waals surface area contributed by atoms with Crippen LogP contribution in [0, 0.1) is 12.8 Å². The minimum absolute atomic E-state index is 0.0320. The number of hydrogen-bond donors (Lipinski definition) is 2. The number of anilines is 1. The van der Waals surface area contributed by atoms with Gasteiger partial charge in [-0.1, -0.05) is 24.6 Å². The van der Waals surface area contributed by atoms with E-state index in [0.29, 0.717) is 30.1 Å². The van der Waals surface area contributed by atoms with Crippen molar-refractivity contribution in [3.63, 3.8) is 0 Å². The van der Waals surface area contributed by atoms with Crippen LogP contribution < -0.4 is 10.6 Å². The van der Waals surface area contributed by atoms with Gasteiger partial charge in [-0.05, 0) is 43.4 Å². The Labute approximate surface area is 148 Å². The fraction of sp³-hybridized carbons (Fsp3) is 0.556. The van der Waals surface area contributed by atoms with Crippen LogP contribution in [-0.2, 0) is 14.3 Å². The zero-order valence-corrected chi connectivity index (χ0v) is 15.0. The van der Waals surface area contributed by atoms with Crippen LogP contribution in [0.1, 0.15) is 38.2 Å². The van der Waals surface area contributed by atoms with Gasteiger partial charge in [0.25, 0.3) is 0 Å². The van der Waals surface area contributed by atoms with Crippen molar-refractivity contribution in [2.45, 2.75) is 45.6 Å². The van der Waals surface area contributed by atoms with E-state index >= 15 is 0 Å². The lowest BCUT2D eigenvalue weighted by atomic mass is 10.0. The van der Waals surface area contributed by atoms with Crippen molar-refractivity contribution in [3.05, 3.63) is 28.8 Å². The van der Waals surface area contributed by atoms with Crippen LogP contribution >= 0.6 is 11.6 Å². The molecule has 0 bridgehead atoms. The number of aryl methyl sites for hydroxylation is 1. The summed E-state index contributed by atoms with van der Waals surface area (Å²) in [5.74, 6) is -0.186. The van der Waals surface area contributed by atoms with Crippen LogP contribution in [0.3, 0.4) is 0 Å². The Morgan fingerprint density at radius 2 is 2.08 bits per heavy atom. The molecule has 0 aliphatic carbocycles. The molecule has 1 aliphatic heterocycles. The topological polar surface area (TPSA) is 67.4 Å². The largest absolute Gasteiger partial charge is 0.376 e. The second kappa shape index (κ2) is 9.04. The van der Waals surface area contributed by atoms with Gasteiger partial charge in [0.15, 0.2) is 0 Å². The molecule has 132 valence electrons. The molecule has 2 rings (SSSR count). The molecule has 24 heavy (non-hydrogen) atoms. The monoisotopic (exact) mass is 352 g/mol. The zero-order valence-electron chi connectivity index (χ0n) is 14.2. The minimum Gasteiger partial charge on any atom is -0.376 e. The summed E-state index contributed by atoms with van der Waals surface area (Å²) in [6.07, 6.45) is 2.81. The van der Waals surface area contributed by atoms with Crippen LogP contribution in [0.25, 0.3) is 0 Å². The number of carbonyl (C=O) groups excluding carboxylic acids is 2. The molecule has 1 fully saturated rings. The van der Waals surface area contributed by atoms with Crippen molar-refractivity contribution in [2.24, 2.45) is 5.92 Å². The average Bonchev–Trinajstić information content (AvgIpc) is 3.02. The molecule has 0 aromatic heterocycles. The highest BCUT2D eigenvalue weighted by Gasteiger charge is 2.18. The average molecular weight is 353 g/mol. The van der Waals surface area contributed by atoms with E-state index in [9.17, 15) is 9.59 Å². The summed E-state index contributed by atoms with van der Waals surface area (Å²) in [6.45, 7) is 5.14. The number of hydrogen-bond acceptors (Lipinski definition) is 3. The van der Waals surface area contributed by atoms with Gasteiger partial charge in [0.05, 0.1) is 6.10 Å². The first-order chi connectivity index (χ1) is 11.4. The maximum atomic E-state index is 12.1. The summed E-state index contributed by atoms with van der Waals surface area (Å²) >= 11 is 6.05. The third kappa shape index (κ3) is 6.13. The Bertz CT molecular complexity index is 586. The summed E-state index contributed by atoms with van der Waals surface area (Å²) in [4.78, 5) is 24.0. The van der Waals surface area contributed by atoms with Crippen LogP contribution in [0.15, 0.2) is 18.2 Å². The molecule has 1 saturated heterocycles. The van der Waals surface area contributed by atoms with Crippen molar-refractivity contribution >= 4 is 29.1 Å². The molecule has 2 amide bonds. The quantitative estimate of drug-likeness (QED) is 0.791. The third-order valence-corrected chi connectivity index (χ3v) is 4.48. The molecule has 2 N–H and O–H groups in total. The molecule has 0 radical (unpaired) electrons. The predicted octanol–water partition coefficient (Wildman–Crippen LogP) is 3.30. The summed E-state index contributed by atoms with van der Waals surface area (Å²) in [7, 11) is 0. The van der Waals surface area contributed by atoms with E-state index in [1.54, 1.807) is 6.07 Å². The molecule has 0 unspecified atom stereocenters. The number of rotatable bonds is 7. The van der Waals surface area contributed by atoms with Gasteiger partial charge in [-0.15, -0.1) is 0 Å². The predicted molar refractivity (Wildman–Crippen MR) is 95.2 cm³/mol. The van der Waals surface area contributed by atoms with E-state index in [2.05, 4.69) is 10.6 Å². The number of ether oxygens (including phenoxy) is 1. The fourth-order valence-corrected chi connectivity index (χ4v) is 2.87. The summed E-state index contributed by atoms with van der Waals surface area (Å²) in [5, 5.41) is 6.31. The van der Waals surface area contributed by atoms with Gasteiger partial charge in [-0.2, -0.15) is 0 Å². The molecule has 1 heterocycles. The molecular weight excluding hydrogens is 328 g/mol. The van der Waals surface area contributed by atoms with Gasteiger partial charge in [-0.3, -0.25) is 9.59 Å². The van der Waals surface area contributed by atoms with Crippen molar-refractivity contribution in [2.75, 3.05) is 18.5 Å². The molecule has 1 aromatic rings. The zero-order chi connectivity index (χ0) is 17.5. The Balaban J connectivity index is 1.70. The van der Waals surface area contributed by atoms with Gasteiger partial charge in [0.2, 0.25) is 11.8 Å². The highest BCUT2D eigenvalue weighted by molar-refractivity contribution is 6.31. The second-order valence-electron chi connectivity index (χ2n) is 6.46. The van der Waals surface area contributed by atoms with Gasteiger partial charge < -0.3 is 15.4 Å². The molecule has 6 heteroatoms. The Kier molecular flexibility index (Phi) is 7.06. The van der Waals surface area contributed by atoms with Crippen LogP contribution in [-0.4, -0.2) is 31.1 Å². The van der Waals surface area contributed by atoms with Gasteiger partial charge in [0.1, 0.15) is 0 Å². The van der Waals surface area contributed by atoms with Crippen LogP contribution in [0.4, 0.5) is 5.69 Å². The maximum Gasteiger partial charge on any atom is 0.224 e. The molecule has 2 atom stereocenters. The SMILES string of the molecule is Cc1ccc(NC(=O)C[C@@H](C)CC(=O)NC[C@@H]2CCCO2)cc1Cl. The highest BCUT2D eigenvalue weighted by Crippen LogP contribution is 2.20. The van der Waals surface area contributed by atoms with E-state index < -0.39 is 0 Å². The lowest BCUT2D eigenvalue weighted by Gasteiger charge is -2.14. The lowest BCUT2D eigenvalue weighted by molar-refractivity contribution is -0.122. The standard InChI is InChI=1S/C18H25ClN2O3/c1-12(8-17(22)20-11-15-4-3-7-24-15)9-18(23)21-14-6-5-13(2)16(19)10-14/h5-6,10,12,15H,3-4,7-9,11H2,1-2H3,(H,20,22)(H,21,23)/t12-,15-/m0/s1. The Morgan fingerprint density at radius 3 is 2.75 bits per heavy atom. The van der Waals surface area contributed by atoms with E-state index in [-0.39, 0.29) is 23.8 Å². The first-order valence-corrected chi connectivity index (χ1v) is 8.76. The van der Waals surface area contributed by atoms with Crippen molar-refractivity contribution < 1.29 is 14.3 Å². The fourth-order valence-electron chi connectivity index (χ4n) is 2.69. The Hall–Kier alpha value is -1.59. The van der Waals surface area contributed by atoms with Gasteiger partial charge >= 0.3 is 0 Å². The minimum atomic E-state index is -0.116. The molecule has 0 spiro atoms. The number of halogens is 1. The van der Waals surface area contributed by atoms with Gasteiger partial charge in [-0.25, -0.2) is 0 Å². The molecule has 5 nitrogen and oxygen atoms in total. The summed E-state index contributed by atoms with van der Waals surface area (Å²) in [6, 6.07) is 5.41. The van der Waals surface area contributed by atoms with E-state index in [4.69, 9.17) is 16.3 Å². The molecular formula is C18H25ClN2O3. The molecule has 1 aromatic carbocycles. The van der Waals surface area contributed by atoms with Crippen molar-refractivity contribution in [3.8, 4) is 0 Å². The third-order valence-electron chi connectivity index (χ3n) is 4.07. The summed E-state index contributed by atoms with van der Waals surface area (Å²) in [5.41, 5.74) is 1.64. The number of nitrogens with one attached hydrogen (secondary N) is 2. The first kappa shape index (κ1) is 18.7. The van der Waals surface area contributed by atoms with Crippen molar-refractivity contribution in [1.29, 1.82) is 0 Å². The Morgan fingerprint density at radius 1 is 1.33 bits per heavy atom. The highest BCUT2D eigenvalue weighted by atomic mass is 35.5. The maximum absolute atomic E-state index is 12.1. The van der Waals surface area contributed by atoms with E-state index in [0.717, 1.165) is 25.0 Å². The first-order valence-electron chi connectivity index (χ1n) is 8.38.